The molecule has 0 aliphatic heterocycles. The van der Waals surface area contributed by atoms with E-state index in [4.69, 9.17) is 23.2 Å². The fourth-order valence-corrected chi connectivity index (χ4v) is 7.35. The second-order valence-electron chi connectivity index (χ2n) is 11.3. The summed E-state index contributed by atoms with van der Waals surface area (Å²) in [5.74, 6) is 0.518. The molecule has 0 aromatic heterocycles. The third kappa shape index (κ3) is 11.2. The van der Waals surface area contributed by atoms with E-state index in [1.807, 2.05) is 30.3 Å². The Morgan fingerprint density at radius 3 is 1.79 bits per heavy atom. The Morgan fingerprint density at radius 2 is 1.30 bits per heavy atom. The van der Waals surface area contributed by atoms with Crippen molar-refractivity contribution < 1.29 is 22.3 Å². The molecule has 43 heavy (non-hydrogen) atoms. The van der Waals surface area contributed by atoms with Gasteiger partial charge in [-0.15, -0.1) is 30.4 Å². The van der Waals surface area contributed by atoms with Crippen LogP contribution in [-0.4, -0.2) is 7.42 Å². The number of hydrogen-bond donors (Lipinski definition) is 0. The summed E-state index contributed by atoms with van der Waals surface area (Å²) in [6.07, 6.45) is 6.76. The molecule has 0 fully saturated rings. The van der Waals surface area contributed by atoms with Gasteiger partial charge in [-0.2, -0.15) is 41.5 Å². The van der Waals surface area contributed by atoms with Crippen LogP contribution in [0.1, 0.15) is 56.9 Å². The van der Waals surface area contributed by atoms with Gasteiger partial charge in [-0.3, -0.25) is 6.08 Å². The van der Waals surface area contributed by atoms with E-state index in [0.717, 1.165) is 16.5 Å². The number of benzene rings is 4. The zero-order valence-electron chi connectivity index (χ0n) is 25.2. The molecule has 4 aromatic rings. The first kappa shape index (κ1) is 37.3. The first-order valence-electron chi connectivity index (χ1n) is 13.9. The molecule has 0 N–H and O–H groups in total. The van der Waals surface area contributed by atoms with Crippen molar-refractivity contribution in [3.8, 4) is 11.1 Å². The van der Waals surface area contributed by atoms with Gasteiger partial charge in [0.1, 0.15) is 0 Å². The average molecular weight is 728 g/mol. The molecule has 0 bridgehead atoms. The van der Waals surface area contributed by atoms with Crippen molar-refractivity contribution in [1.29, 1.82) is 0 Å². The molecule has 0 nitrogen and oxygen atoms in total. The van der Waals surface area contributed by atoms with Gasteiger partial charge in [0.05, 0.1) is 0 Å². The van der Waals surface area contributed by atoms with E-state index < -0.39 is 22.3 Å². The van der Waals surface area contributed by atoms with Crippen LogP contribution in [0.4, 0.5) is 0 Å². The fourth-order valence-electron chi connectivity index (χ4n) is 5.00. The van der Waals surface area contributed by atoms with E-state index in [-0.39, 0.29) is 24.8 Å². The summed E-state index contributed by atoms with van der Waals surface area (Å²) >= 11 is 11.0. The minimum atomic E-state index is -0.623. The van der Waals surface area contributed by atoms with Crippen LogP contribution in [-0.2, 0) is 28.7 Å². The molecule has 1 atom stereocenters. The number of hydrogen-bond acceptors (Lipinski definition) is 0. The molecule has 6 rings (SSSR count). The van der Waals surface area contributed by atoms with Gasteiger partial charge in [0.2, 0.25) is 0 Å². The molecule has 0 saturated carbocycles. The van der Waals surface area contributed by atoms with Gasteiger partial charge in [-0.05, 0) is 6.42 Å². The van der Waals surface area contributed by atoms with Crippen molar-refractivity contribution in [3.63, 3.8) is 0 Å². The Kier molecular flexibility index (Phi) is 15.3. The predicted molar refractivity (Wildman–Crippen MR) is 190 cm³/mol. The van der Waals surface area contributed by atoms with Crippen LogP contribution in [0.15, 0.2) is 108 Å². The first-order chi connectivity index (χ1) is 19.6. The molecule has 0 radical (unpaired) electrons. The molecular weight excluding hydrogens is 689 g/mol. The minimum Gasteiger partial charge on any atom is -0.179 e. The van der Waals surface area contributed by atoms with E-state index in [2.05, 4.69) is 121 Å². The topological polar surface area (TPSA) is 0 Å². The standard InChI is InChI=1S/C13H9.C11H17.2C7H5Cl.2ClH.Zr/c1-3-7-12-10(5-1)9-11-6-2-4-8-13(11)12;1-8-6-9(2)10(7-8)11(3,4)5;2*1-6-2-4-7(8)5-3-6;;;/h1-5,7-8H,9H2;7-8H,1-5H3;2*1-5H;2*1H;/q2*-1;;;;;. The van der Waals surface area contributed by atoms with Gasteiger partial charge in [0.25, 0.3) is 0 Å². The Labute approximate surface area is 291 Å². The van der Waals surface area contributed by atoms with Crippen LogP contribution in [0.25, 0.3) is 11.1 Å². The quantitative estimate of drug-likeness (QED) is 0.159. The Morgan fingerprint density at radius 1 is 0.767 bits per heavy atom. The zero-order valence-corrected chi connectivity index (χ0v) is 30.9. The van der Waals surface area contributed by atoms with Crippen LogP contribution in [0, 0.1) is 23.5 Å². The summed E-state index contributed by atoms with van der Waals surface area (Å²) in [4.78, 5) is 0. The van der Waals surface area contributed by atoms with Gasteiger partial charge >= 0.3 is 123 Å². The molecular formula is C38H38Cl4Zr-2. The van der Waals surface area contributed by atoms with Crippen molar-refractivity contribution in [3.05, 3.63) is 153 Å². The van der Waals surface area contributed by atoms with Crippen molar-refractivity contribution in [1.82, 2.24) is 0 Å². The third-order valence-corrected chi connectivity index (χ3v) is 9.89. The van der Waals surface area contributed by atoms with Crippen LogP contribution in [0.3, 0.4) is 0 Å². The first-order valence-corrected chi connectivity index (χ1v) is 17.5. The number of rotatable bonds is 2. The number of fused-ring (bicyclic) bond motifs is 3. The van der Waals surface area contributed by atoms with E-state index in [9.17, 15) is 0 Å². The van der Waals surface area contributed by atoms with E-state index in [1.165, 1.54) is 44.5 Å². The summed E-state index contributed by atoms with van der Waals surface area (Å²) in [6, 6.07) is 34.0. The van der Waals surface area contributed by atoms with Crippen molar-refractivity contribution in [2.45, 2.75) is 41.0 Å². The summed E-state index contributed by atoms with van der Waals surface area (Å²) in [5.41, 5.74) is 11.1. The largest absolute Gasteiger partial charge is 0.179 e. The summed E-state index contributed by atoms with van der Waals surface area (Å²) in [6.45, 7) is 11.1. The third-order valence-electron chi connectivity index (χ3n) is 6.93. The molecule has 0 spiro atoms. The molecule has 4 aromatic carbocycles. The van der Waals surface area contributed by atoms with Gasteiger partial charge in [-0.25, -0.2) is 5.57 Å². The average Bonchev–Trinajstić information content (AvgIpc) is 3.50. The van der Waals surface area contributed by atoms with Gasteiger partial charge in [-0.1, -0.05) is 81.3 Å². The molecule has 2 aliphatic carbocycles. The fraction of sp³-hybridized carbons (Fsp3) is 0.211. The molecule has 0 saturated heterocycles. The maximum absolute atomic E-state index is 5.84. The van der Waals surface area contributed by atoms with Crippen LogP contribution < -0.4 is 0 Å². The second kappa shape index (κ2) is 17.6. The summed E-state index contributed by atoms with van der Waals surface area (Å²) < 4.78 is 4.66. The summed E-state index contributed by atoms with van der Waals surface area (Å²) in [7, 11) is 0. The molecule has 1 unspecified atom stereocenters. The maximum Gasteiger partial charge on any atom is -0.0253 e. The van der Waals surface area contributed by atoms with Crippen LogP contribution in [0.2, 0.25) is 10.0 Å². The van der Waals surface area contributed by atoms with Gasteiger partial charge in [0.15, 0.2) is 0 Å². The molecule has 224 valence electrons. The maximum atomic E-state index is 5.84. The van der Waals surface area contributed by atoms with E-state index >= 15 is 0 Å². The van der Waals surface area contributed by atoms with E-state index in [1.54, 1.807) is 0 Å². The number of halogens is 4. The van der Waals surface area contributed by atoms with Crippen LogP contribution in [0.5, 0.6) is 0 Å². The SMILES string of the molecule is CC1=[C-]C(C)C=C1C(C)(C)C.Cl.Cl.Clc1ccc([CH]=[Zr]=[CH]c2ccc(Cl)cc2)cc1.[c-]1cccc2c1Cc1ccccc1-2. The van der Waals surface area contributed by atoms with Gasteiger partial charge in [0, 0.05) is 0 Å². The Bertz CT molecular complexity index is 1510. The molecule has 2 aliphatic rings. The minimum absolute atomic E-state index is 0. The summed E-state index contributed by atoms with van der Waals surface area (Å²) in [5, 5.41) is 1.57. The number of allylic oxidation sites excluding steroid dienone is 4. The van der Waals surface area contributed by atoms with Crippen molar-refractivity contribution in [2.75, 3.05) is 0 Å². The van der Waals surface area contributed by atoms with E-state index in [0.29, 0.717) is 11.3 Å². The normalized spacial score (nSPS) is 13.9. The predicted octanol–water partition coefficient (Wildman–Crippen LogP) is 11.3. The Hall–Kier alpha value is -1.86. The Balaban J connectivity index is 0.000000225. The van der Waals surface area contributed by atoms with Crippen molar-refractivity contribution in [2.24, 2.45) is 11.3 Å². The van der Waals surface area contributed by atoms with Gasteiger partial charge < -0.3 is 0 Å². The molecule has 5 heteroatoms. The molecule has 0 heterocycles. The monoisotopic (exact) mass is 724 g/mol. The van der Waals surface area contributed by atoms with Crippen molar-refractivity contribution >= 4 is 55.4 Å². The zero-order chi connectivity index (χ0) is 29.4. The second-order valence-corrected chi connectivity index (χ2v) is 14.5. The van der Waals surface area contributed by atoms with Crippen LogP contribution >= 0.6 is 48.0 Å². The molecule has 0 amide bonds. The smallest absolute Gasteiger partial charge is 0.0253 e.